The molecule has 1 saturated heterocycles. The van der Waals surface area contributed by atoms with Crippen LogP contribution in [0.1, 0.15) is 60.8 Å². The van der Waals surface area contributed by atoms with Crippen LogP contribution in [0.5, 0.6) is 0 Å². The zero-order valence-corrected chi connectivity index (χ0v) is 12.9. The molecule has 0 aromatic carbocycles. The molecule has 0 bridgehead atoms. The van der Waals surface area contributed by atoms with Gasteiger partial charge in [-0.25, -0.2) is 0 Å². The summed E-state index contributed by atoms with van der Waals surface area (Å²) in [4.78, 5) is 0. The number of hydrogen-bond donors (Lipinski definition) is 0. The largest absolute Gasteiger partial charge is 0.0685 e. The third-order valence-corrected chi connectivity index (χ3v) is 12.5. The van der Waals surface area contributed by atoms with Gasteiger partial charge in [0.05, 0.1) is 8.07 Å². The third-order valence-electron chi connectivity index (χ3n) is 4.97. The number of rotatable bonds is 0. The second-order valence-corrected chi connectivity index (χ2v) is 13.4. The molecule has 1 aliphatic rings. The Morgan fingerprint density at radius 3 is 1.80 bits per heavy atom. The fourth-order valence-corrected chi connectivity index (χ4v) is 9.50. The monoisotopic (exact) mass is 226 g/mol. The quantitative estimate of drug-likeness (QED) is 0.481. The maximum absolute atomic E-state index is 2.67. The van der Waals surface area contributed by atoms with Gasteiger partial charge in [-0.2, -0.15) is 0 Å². The summed E-state index contributed by atoms with van der Waals surface area (Å²) < 4.78 is 0. The molecular formula is C14H30Si. The van der Waals surface area contributed by atoms with E-state index in [1.54, 1.807) is 6.04 Å². The van der Waals surface area contributed by atoms with Crippen molar-refractivity contribution < 1.29 is 0 Å². The highest BCUT2D eigenvalue weighted by molar-refractivity contribution is 6.83. The lowest BCUT2D eigenvalue weighted by atomic mass is 9.88. The average Bonchev–Trinajstić information content (AvgIpc) is 2.00. The Morgan fingerprint density at radius 1 is 0.933 bits per heavy atom. The van der Waals surface area contributed by atoms with Gasteiger partial charge in [0.25, 0.3) is 0 Å². The first kappa shape index (κ1) is 13.3. The zero-order valence-electron chi connectivity index (χ0n) is 11.9. The second kappa shape index (κ2) is 3.91. The molecule has 1 aliphatic heterocycles. The van der Waals surface area contributed by atoms with Crippen molar-refractivity contribution in [2.75, 3.05) is 0 Å². The molecular weight excluding hydrogens is 196 g/mol. The Hall–Kier alpha value is 0.217. The van der Waals surface area contributed by atoms with Crippen LogP contribution in [0.3, 0.4) is 0 Å². The Morgan fingerprint density at radius 2 is 1.47 bits per heavy atom. The normalized spacial score (nSPS) is 34.2. The van der Waals surface area contributed by atoms with E-state index >= 15 is 0 Å². The van der Waals surface area contributed by atoms with Gasteiger partial charge in [-0.15, -0.1) is 0 Å². The van der Waals surface area contributed by atoms with E-state index in [-0.39, 0.29) is 0 Å². The molecule has 0 amide bonds. The summed E-state index contributed by atoms with van der Waals surface area (Å²) in [5.74, 6) is 0. The first-order valence-electron chi connectivity index (χ1n) is 6.59. The van der Waals surface area contributed by atoms with E-state index in [1.165, 1.54) is 19.3 Å². The second-order valence-electron chi connectivity index (χ2n) is 7.83. The molecule has 0 spiro atoms. The van der Waals surface area contributed by atoms with E-state index in [4.69, 9.17) is 0 Å². The molecule has 90 valence electrons. The third kappa shape index (κ3) is 2.49. The summed E-state index contributed by atoms with van der Waals surface area (Å²) >= 11 is 0. The van der Waals surface area contributed by atoms with Crippen LogP contribution in [0.25, 0.3) is 0 Å². The van der Waals surface area contributed by atoms with Gasteiger partial charge in [0, 0.05) is 0 Å². The van der Waals surface area contributed by atoms with Crippen LogP contribution in [0.15, 0.2) is 0 Å². The van der Waals surface area contributed by atoms with Crippen molar-refractivity contribution in [3.05, 3.63) is 0 Å². The highest BCUT2D eigenvalue weighted by Gasteiger charge is 2.50. The molecule has 1 rings (SSSR count). The minimum Gasteiger partial charge on any atom is -0.0685 e. The predicted octanol–water partition coefficient (Wildman–Crippen LogP) is 5.47. The molecule has 2 atom stereocenters. The lowest BCUT2D eigenvalue weighted by molar-refractivity contribution is 0.328. The number of hydrogen-bond acceptors (Lipinski definition) is 0. The Labute approximate surface area is 97.9 Å². The zero-order chi connectivity index (χ0) is 11.9. The van der Waals surface area contributed by atoms with Crippen molar-refractivity contribution in [2.45, 2.75) is 84.0 Å². The summed E-state index contributed by atoms with van der Waals surface area (Å²) in [6, 6.07) is 1.55. The smallest absolute Gasteiger partial charge is 0.0595 e. The molecule has 1 fully saturated rings. The van der Waals surface area contributed by atoms with Crippen LogP contribution in [-0.2, 0) is 0 Å². The van der Waals surface area contributed by atoms with Gasteiger partial charge in [-0.1, -0.05) is 73.4 Å². The fourth-order valence-electron chi connectivity index (χ4n) is 3.62. The summed E-state index contributed by atoms with van der Waals surface area (Å²) in [6.45, 7) is 17.5. The lowest BCUT2D eigenvalue weighted by Gasteiger charge is -2.53. The molecule has 0 aromatic heterocycles. The van der Waals surface area contributed by atoms with Crippen molar-refractivity contribution in [1.29, 1.82) is 0 Å². The SMILES string of the molecule is CC(C)(C)C1CCCC[Si]1(C)C(C)(C)C. The van der Waals surface area contributed by atoms with E-state index in [0.29, 0.717) is 10.5 Å². The Balaban J connectivity index is 3.02. The molecule has 15 heavy (non-hydrogen) atoms. The highest BCUT2D eigenvalue weighted by Crippen LogP contribution is 2.57. The van der Waals surface area contributed by atoms with Crippen LogP contribution < -0.4 is 0 Å². The van der Waals surface area contributed by atoms with E-state index in [0.717, 1.165) is 5.54 Å². The first-order chi connectivity index (χ1) is 6.59. The van der Waals surface area contributed by atoms with E-state index in [2.05, 4.69) is 48.1 Å². The summed E-state index contributed by atoms with van der Waals surface area (Å²) in [5.41, 5.74) is 1.54. The summed E-state index contributed by atoms with van der Waals surface area (Å²) in [7, 11) is -1.10. The minimum absolute atomic E-state index is 0.522. The maximum atomic E-state index is 2.67. The topological polar surface area (TPSA) is 0 Å². The van der Waals surface area contributed by atoms with E-state index in [9.17, 15) is 0 Å². The van der Waals surface area contributed by atoms with Gasteiger partial charge in [0.15, 0.2) is 0 Å². The maximum Gasteiger partial charge on any atom is 0.0595 e. The molecule has 0 saturated carbocycles. The molecule has 0 aromatic rings. The van der Waals surface area contributed by atoms with Gasteiger partial charge < -0.3 is 0 Å². The Bertz CT molecular complexity index is 218. The highest BCUT2D eigenvalue weighted by atomic mass is 28.3. The van der Waals surface area contributed by atoms with E-state index < -0.39 is 8.07 Å². The van der Waals surface area contributed by atoms with Gasteiger partial charge in [0.1, 0.15) is 0 Å². The lowest BCUT2D eigenvalue weighted by Crippen LogP contribution is -2.51. The predicted molar refractivity (Wildman–Crippen MR) is 73.2 cm³/mol. The summed E-state index contributed by atoms with van der Waals surface area (Å²) in [5, 5.41) is 0.575. The van der Waals surface area contributed by atoms with Crippen molar-refractivity contribution in [3.8, 4) is 0 Å². The minimum atomic E-state index is -1.10. The van der Waals surface area contributed by atoms with Gasteiger partial charge >= 0.3 is 0 Å². The van der Waals surface area contributed by atoms with Gasteiger partial charge in [-0.3, -0.25) is 0 Å². The van der Waals surface area contributed by atoms with Gasteiger partial charge in [0.2, 0.25) is 0 Å². The first-order valence-corrected chi connectivity index (χ1v) is 9.37. The van der Waals surface area contributed by atoms with Crippen LogP contribution >= 0.6 is 0 Å². The standard InChI is InChI=1S/C14H30Si/c1-13(2,3)12-10-8-9-11-15(12,7)14(4,5)6/h12H,8-11H2,1-7H3. The van der Waals surface area contributed by atoms with Gasteiger partial charge in [-0.05, 0) is 16.0 Å². The van der Waals surface area contributed by atoms with Crippen LogP contribution in [0.4, 0.5) is 0 Å². The molecule has 0 radical (unpaired) electrons. The van der Waals surface area contributed by atoms with E-state index in [1.807, 2.05) is 0 Å². The molecule has 0 N–H and O–H groups in total. The fraction of sp³-hybridized carbons (Fsp3) is 1.00. The Kier molecular flexibility index (Phi) is 3.46. The molecule has 0 aliphatic carbocycles. The molecule has 1 heterocycles. The van der Waals surface area contributed by atoms with Crippen molar-refractivity contribution in [2.24, 2.45) is 5.41 Å². The van der Waals surface area contributed by atoms with Crippen LogP contribution in [-0.4, -0.2) is 8.07 Å². The van der Waals surface area contributed by atoms with Crippen molar-refractivity contribution in [1.82, 2.24) is 0 Å². The summed E-state index contributed by atoms with van der Waals surface area (Å²) in [6.07, 6.45) is 4.46. The average molecular weight is 226 g/mol. The van der Waals surface area contributed by atoms with Crippen LogP contribution in [0.2, 0.25) is 23.2 Å². The molecule has 1 heteroatoms. The van der Waals surface area contributed by atoms with Crippen LogP contribution in [0, 0.1) is 5.41 Å². The molecule has 0 nitrogen and oxygen atoms in total. The van der Waals surface area contributed by atoms with Crippen molar-refractivity contribution in [3.63, 3.8) is 0 Å². The van der Waals surface area contributed by atoms with Crippen molar-refractivity contribution >= 4 is 8.07 Å². The molecule has 2 unspecified atom stereocenters.